The van der Waals surface area contributed by atoms with E-state index < -0.39 is 0 Å². The monoisotopic (exact) mass is 380 g/mol. The van der Waals surface area contributed by atoms with Crippen molar-refractivity contribution in [1.29, 1.82) is 0 Å². The largest absolute Gasteiger partial charge is 0.366 e. The van der Waals surface area contributed by atoms with Gasteiger partial charge in [0.05, 0.1) is 0 Å². The molecule has 0 radical (unpaired) electrons. The van der Waals surface area contributed by atoms with Crippen LogP contribution in [0.5, 0.6) is 0 Å². The number of hydrogen-bond donors (Lipinski definition) is 2. The molecule has 27 heavy (non-hydrogen) atoms. The molecule has 0 saturated heterocycles. The van der Waals surface area contributed by atoms with Crippen molar-refractivity contribution in [3.8, 4) is 0 Å². The second-order valence-electron chi connectivity index (χ2n) is 6.10. The Morgan fingerprint density at radius 2 is 1.74 bits per heavy atom. The van der Waals surface area contributed by atoms with Gasteiger partial charge in [-0.05, 0) is 36.6 Å². The van der Waals surface area contributed by atoms with E-state index in [1.165, 1.54) is 0 Å². The van der Waals surface area contributed by atoms with E-state index in [0.29, 0.717) is 28.9 Å². The second-order valence-corrected chi connectivity index (χ2v) is 6.50. The molecule has 6 heteroatoms. The minimum Gasteiger partial charge on any atom is -0.366 e. The maximum Gasteiger partial charge on any atom is 0.274 e. The molecule has 0 saturated carbocycles. The van der Waals surface area contributed by atoms with Crippen LogP contribution in [0.15, 0.2) is 54.6 Å². The zero-order valence-electron chi connectivity index (χ0n) is 15.3. The molecule has 0 unspecified atom stereocenters. The van der Waals surface area contributed by atoms with E-state index in [4.69, 9.17) is 11.6 Å². The van der Waals surface area contributed by atoms with Gasteiger partial charge in [-0.25, -0.2) is 9.97 Å². The van der Waals surface area contributed by atoms with Gasteiger partial charge in [-0.2, -0.15) is 0 Å². The molecule has 2 aromatic carbocycles. The second kappa shape index (κ2) is 8.64. The van der Waals surface area contributed by atoms with Crippen molar-refractivity contribution in [1.82, 2.24) is 9.97 Å². The molecule has 1 amide bonds. The Balaban J connectivity index is 1.76. The van der Waals surface area contributed by atoms with Crippen LogP contribution in [0.25, 0.3) is 0 Å². The first kappa shape index (κ1) is 18.9. The molecule has 0 aliphatic heterocycles. The maximum atomic E-state index is 12.7. The Morgan fingerprint density at radius 3 is 2.48 bits per heavy atom. The zero-order valence-corrected chi connectivity index (χ0v) is 16.0. The third kappa shape index (κ3) is 4.83. The van der Waals surface area contributed by atoms with Crippen molar-refractivity contribution in [2.75, 3.05) is 10.6 Å². The molecule has 0 aliphatic rings. The van der Waals surface area contributed by atoms with Gasteiger partial charge in [0.2, 0.25) is 0 Å². The van der Waals surface area contributed by atoms with Crippen molar-refractivity contribution in [3.63, 3.8) is 0 Å². The van der Waals surface area contributed by atoms with Gasteiger partial charge in [-0.15, -0.1) is 0 Å². The smallest absolute Gasteiger partial charge is 0.274 e. The normalized spacial score (nSPS) is 10.5. The number of halogens is 1. The summed E-state index contributed by atoms with van der Waals surface area (Å²) in [5.41, 5.74) is 3.15. The van der Waals surface area contributed by atoms with Gasteiger partial charge in [0, 0.05) is 23.3 Å². The van der Waals surface area contributed by atoms with Crippen molar-refractivity contribution in [2.24, 2.45) is 0 Å². The summed E-state index contributed by atoms with van der Waals surface area (Å²) in [4.78, 5) is 21.3. The molecule has 3 rings (SSSR count). The van der Waals surface area contributed by atoms with Crippen LogP contribution in [0, 0.1) is 6.92 Å². The first-order chi connectivity index (χ1) is 13.1. The minimum atomic E-state index is -0.262. The number of aryl methyl sites for hydroxylation is 2. The molecule has 3 aromatic rings. The fourth-order valence-electron chi connectivity index (χ4n) is 2.74. The number of nitrogens with zero attached hydrogens (tertiary/aromatic N) is 2. The molecule has 2 N–H and O–H groups in total. The van der Waals surface area contributed by atoms with E-state index in [0.717, 1.165) is 23.2 Å². The number of amides is 1. The Morgan fingerprint density at radius 1 is 1.04 bits per heavy atom. The highest BCUT2D eigenvalue weighted by Gasteiger charge is 2.12. The lowest BCUT2D eigenvalue weighted by molar-refractivity contribution is 0.102. The molecule has 0 bridgehead atoms. The lowest BCUT2D eigenvalue weighted by Gasteiger charge is -2.11. The molecule has 0 spiro atoms. The van der Waals surface area contributed by atoms with E-state index in [-0.39, 0.29) is 5.91 Å². The maximum absolute atomic E-state index is 12.7. The van der Waals surface area contributed by atoms with Gasteiger partial charge in [0.1, 0.15) is 17.3 Å². The minimum absolute atomic E-state index is 0.262. The summed E-state index contributed by atoms with van der Waals surface area (Å²) in [5, 5.41) is 6.83. The number of aromatic nitrogens is 2. The van der Waals surface area contributed by atoms with Crippen LogP contribution in [0.1, 0.15) is 34.4 Å². The van der Waals surface area contributed by atoms with Gasteiger partial charge in [0.25, 0.3) is 5.91 Å². The summed E-state index contributed by atoms with van der Waals surface area (Å²) in [7, 11) is 0. The third-order valence-electron chi connectivity index (χ3n) is 4.13. The predicted octanol–water partition coefficient (Wildman–Crippen LogP) is 4.87. The summed E-state index contributed by atoms with van der Waals surface area (Å²) in [5.74, 6) is 0.839. The lowest BCUT2D eigenvalue weighted by atomic mass is 10.1. The highest BCUT2D eigenvalue weighted by Crippen LogP contribution is 2.19. The number of benzene rings is 2. The van der Waals surface area contributed by atoms with Crippen molar-refractivity contribution >= 4 is 29.0 Å². The number of nitrogens with one attached hydrogen (secondary N) is 2. The molecule has 0 atom stereocenters. The molecule has 138 valence electrons. The number of carbonyl (C=O) groups excluding carboxylic acids is 1. The molecule has 5 nitrogen and oxygen atoms in total. The number of carbonyl (C=O) groups is 1. The highest BCUT2D eigenvalue weighted by atomic mass is 35.5. The van der Waals surface area contributed by atoms with Gasteiger partial charge in [-0.1, -0.05) is 54.9 Å². The fourth-order valence-corrected chi connectivity index (χ4v) is 2.94. The van der Waals surface area contributed by atoms with Gasteiger partial charge in [-0.3, -0.25) is 4.79 Å². The van der Waals surface area contributed by atoms with E-state index >= 15 is 0 Å². The number of rotatable bonds is 6. The molecular formula is C21H21ClN4O. The average molecular weight is 381 g/mol. The highest BCUT2D eigenvalue weighted by molar-refractivity contribution is 6.31. The third-order valence-corrected chi connectivity index (χ3v) is 4.50. The summed E-state index contributed by atoms with van der Waals surface area (Å²) in [6.45, 7) is 4.32. The molecule has 0 aliphatic carbocycles. The van der Waals surface area contributed by atoms with Crippen LogP contribution in [-0.2, 0) is 13.0 Å². The summed E-state index contributed by atoms with van der Waals surface area (Å²) >= 11 is 6.19. The number of hydrogen-bond acceptors (Lipinski definition) is 4. The van der Waals surface area contributed by atoms with E-state index in [1.807, 2.05) is 48.5 Å². The van der Waals surface area contributed by atoms with E-state index in [9.17, 15) is 4.79 Å². The Labute approximate surface area is 163 Å². The van der Waals surface area contributed by atoms with Crippen molar-refractivity contribution in [2.45, 2.75) is 26.8 Å². The van der Waals surface area contributed by atoms with Crippen molar-refractivity contribution in [3.05, 3.63) is 82.3 Å². The molecule has 1 heterocycles. The number of para-hydroxylation sites is 1. The average Bonchev–Trinajstić information content (AvgIpc) is 2.67. The van der Waals surface area contributed by atoms with Gasteiger partial charge in [0.15, 0.2) is 0 Å². The van der Waals surface area contributed by atoms with Crippen LogP contribution in [-0.4, -0.2) is 15.9 Å². The molecule has 1 aromatic heterocycles. The van der Waals surface area contributed by atoms with Gasteiger partial charge >= 0.3 is 0 Å². The topological polar surface area (TPSA) is 66.9 Å². The van der Waals surface area contributed by atoms with Gasteiger partial charge < -0.3 is 10.6 Å². The summed E-state index contributed by atoms with van der Waals surface area (Å²) in [6, 6.07) is 17.0. The molecule has 0 fully saturated rings. The van der Waals surface area contributed by atoms with Crippen LogP contribution >= 0.6 is 11.6 Å². The van der Waals surface area contributed by atoms with Crippen molar-refractivity contribution < 1.29 is 4.79 Å². The van der Waals surface area contributed by atoms with Crippen LogP contribution < -0.4 is 10.6 Å². The first-order valence-corrected chi connectivity index (χ1v) is 9.17. The van der Waals surface area contributed by atoms with Crippen LogP contribution in [0.3, 0.4) is 0 Å². The Hall–Kier alpha value is -2.92. The SMILES string of the molecule is CCc1ccccc1NC(=O)c1cc(NCc2ccccc2Cl)nc(C)n1. The first-order valence-electron chi connectivity index (χ1n) is 8.79. The van der Waals surface area contributed by atoms with E-state index in [1.54, 1.807) is 13.0 Å². The zero-order chi connectivity index (χ0) is 19.2. The van der Waals surface area contributed by atoms with Crippen LogP contribution in [0.4, 0.5) is 11.5 Å². The lowest BCUT2D eigenvalue weighted by Crippen LogP contribution is -2.16. The fraction of sp³-hybridized carbons (Fsp3) is 0.190. The number of anilines is 2. The summed E-state index contributed by atoms with van der Waals surface area (Å²) in [6.07, 6.45) is 0.837. The Bertz CT molecular complexity index is 958. The molecular weight excluding hydrogens is 360 g/mol. The quantitative estimate of drug-likeness (QED) is 0.640. The Kier molecular flexibility index (Phi) is 6.04. The predicted molar refractivity (Wildman–Crippen MR) is 109 cm³/mol. The standard InChI is InChI=1S/C21H21ClN4O/c1-3-15-8-5-7-11-18(15)26-21(27)19-12-20(25-14(2)24-19)23-13-16-9-4-6-10-17(16)22/h4-12H,3,13H2,1-2H3,(H,26,27)(H,23,24,25). The van der Waals surface area contributed by atoms with E-state index in [2.05, 4.69) is 27.5 Å². The summed E-state index contributed by atoms with van der Waals surface area (Å²) < 4.78 is 0. The van der Waals surface area contributed by atoms with Crippen LogP contribution in [0.2, 0.25) is 5.02 Å².